The van der Waals surface area contributed by atoms with E-state index in [-0.39, 0.29) is 5.91 Å². The molecule has 0 aliphatic carbocycles. The minimum absolute atomic E-state index is 0.0225. The molecule has 5 heteroatoms. The summed E-state index contributed by atoms with van der Waals surface area (Å²) < 4.78 is 0. The van der Waals surface area contributed by atoms with Gasteiger partial charge in [0.25, 0.3) is 0 Å². The fourth-order valence-electron chi connectivity index (χ4n) is 1.88. The van der Waals surface area contributed by atoms with Crippen molar-refractivity contribution in [3.05, 3.63) is 28.8 Å². The van der Waals surface area contributed by atoms with Crippen LogP contribution in [0.2, 0.25) is 5.02 Å². The monoisotopic (exact) mass is 283 g/mol. The smallest absolute Gasteiger partial charge is 0.239 e. The molecule has 1 amide bonds. The van der Waals surface area contributed by atoms with Crippen molar-refractivity contribution in [3.63, 3.8) is 0 Å². The van der Waals surface area contributed by atoms with Gasteiger partial charge >= 0.3 is 0 Å². The van der Waals surface area contributed by atoms with Crippen molar-refractivity contribution in [2.24, 2.45) is 0 Å². The number of amides is 1. The first-order valence-electron chi connectivity index (χ1n) is 6.55. The molecular weight excluding hydrogens is 262 g/mol. The third kappa shape index (κ3) is 5.09. The number of benzene rings is 1. The van der Waals surface area contributed by atoms with E-state index < -0.39 is 0 Å². The van der Waals surface area contributed by atoms with E-state index in [0.29, 0.717) is 18.1 Å². The first-order valence-corrected chi connectivity index (χ1v) is 6.93. The predicted octanol–water partition coefficient (Wildman–Crippen LogP) is 2.02. The SMILES string of the molecule is CCNCc1cc(Cl)ccc1N(C)CC(=O)NCC. The molecule has 0 heterocycles. The van der Waals surface area contributed by atoms with E-state index in [4.69, 9.17) is 11.6 Å². The molecule has 2 N–H and O–H groups in total. The molecule has 1 aromatic carbocycles. The molecule has 0 aliphatic rings. The van der Waals surface area contributed by atoms with Gasteiger partial charge in [0, 0.05) is 30.8 Å². The summed E-state index contributed by atoms with van der Waals surface area (Å²) in [6, 6.07) is 5.74. The topological polar surface area (TPSA) is 44.4 Å². The summed E-state index contributed by atoms with van der Waals surface area (Å²) in [5.41, 5.74) is 2.12. The Morgan fingerprint density at radius 3 is 2.68 bits per heavy atom. The molecule has 0 bridgehead atoms. The van der Waals surface area contributed by atoms with E-state index in [1.54, 1.807) is 0 Å². The Morgan fingerprint density at radius 1 is 1.32 bits per heavy atom. The van der Waals surface area contributed by atoms with Crippen LogP contribution in [-0.2, 0) is 11.3 Å². The maximum atomic E-state index is 11.6. The van der Waals surface area contributed by atoms with Crippen LogP contribution in [0.25, 0.3) is 0 Å². The first-order chi connectivity index (χ1) is 9.08. The number of rotatable bonds is 7. The molecule has 0 atom stereocenters. The lowest BCUT2D eigenvalue weighted by molar-refractivity contribution is -0.119. The van der Waals surface area contributed by atoms with Gasteiger partial charge in [-0.25, -0.2) is 0 Å². The molecule has 0 saturated carbocycles. The molecule has 0 unspecified atom stereocenters. The highest BCUT2D eigenvalue weighted by Crippen LogP contribution is 2.23. The van der Waals surface area contributed by atoms with Crippen LogP contribution in [0.15, 0.2) is 18.2 Å². The summed E-state index contributed by atoms with van der Waals surface area (Å²) in [7, 11) is 1.91. The molecule has 0 aliphatic heterocycles. The minimum Gasteiger partial charge on any atom is -0.365 e. The van der Waals surface area contributed by atoms with Crippen LogP contribution in [0, 0.1) is 0 Å². The highest BCUT2D eigenvalue weighted by Gasteiger charge is 2.11. The maximum absolute atomic E-state index is 11.6. The molecule has 0 saturated heterocycles. The lowest BCUT2D eigenvalue weighted by Crippen LogP contribution is -2.35. The van der Waals surface area contributed by atoms with Crippen molar-refractivity contribution in [1.82, 2.24) is 10.6 Å². The Labute approximate surface area is 120 Å². The van der Waals surface area contributed by atoms with Crippen LogP contribution >= 0.6 is 11.6 Å². The van der Waals surface area contributed by atoms with Crippen LogP contribution in [0.4, 0.5) is 5.69 Å². The van der Waals surface area contributed by atoms with Gasteiger partial charge in [0.15, 0.2) is 0 Å². The summed E-state index contributed by atoms with van der Waals surface area (Å²) in [5, 5.41) is 6.79. The van der Waals surface area contributed by atoms with E-state index in [1.165, 1.54) is 0 Å². The van der Waals surface area contributed by atoms with Crippen LogP contribution in [0.3, 0.4) is 0 Å². The van der Waals surface area contributed by atoms with Gasteiger partial charge in [0.2, 0.25) is 5.91 Å². The Hall–Kier alpha value is -1.26. The molecule has 4 nitrogen and oxygen atoms in total. The third-order valence-electron chi connectivity index (χ3n) is 2.77. The molecule has 0 aromatic heterocycles. The van der Waals surface area contributed by atoms with Gasteiger partial charge in [0.05, 0.1) is 6.54 Å². The van der Waals surface area contributed by atoms with Gasteiger partial charge in [-0.15, -0.1) is 0 Å². The fraction of sp³-hybridized carbons (Fsp3) is 0.500. The first kappa shape index (κ1) is 15.8. The lowest BCUT2D eigenvalue weighted by Gasteiger charge is -2.22. The second-order valence-corrected chi connectivity index (χ2v) is 4.80. The highest BCUT2D eigenvalue weighted by atomic mass is 35.5. The van der Waals surface area contributed by atoms with E-state index in [9.17, 15) is 4.79 Å². The largest absolute Gasteiger partial charge is 0.365 e. The third-order valence-corrected chi connectivity index (χ3v) is 3.01. The number of hydrogen-bond donors (Lipinski definition) is 2. The number of likely N-dealkylation sites (N-methyl/N-ethyl adjacent to an activating group) is 2. The zero-order valence-corrected chi connectivity index (χ0v) is 12.5. The average Bonchev–Trinajstić information content (AvgIpc) is 2.36. The summed E-state index contributed by atoms with van der Waals surface area (Å²) in [6.07, 6.45) is 0. The van der Waals surface area contributed by atoms with E-state index in [2.05, 4.69) is 17.6 Å². The normalized spacial score (nSPS) is 10.3. The lowest BCUT2D eigenvalue weighted by atomic mass is 10.1. The number of nitrogens with zero attached hydrogens (tertiary/aromatic N) is 1. The molecular formula is C14H22ClN3O. The summed E-state index contributed by atoms with van der Waals surface area (Å²) >= 11 is 6.03. The number of carbonyl (C=O) groups is 1. The summed E-state index contributed by atoms with van der Waals surface area (Å²) in [4.78, 5) is 13.6. The highest BCUT2D eigenvalue weighted by molar-refractivity contribution is 6.30. The molecule has 1 aromatic rings. The standard InChI is InChI=1S/C14H22ClN3O/c1-4-16-9-11-8-12(15)6-7-13(11)18(3)10-14(19)17-5-2/h6-8,16H,4-5,9-10H2,1-3H3,(H,17,19). The van der Waals surface area contributed by atoms with Crippen LogP contribution < -0.4 is 15.5 Å². The van der Waals surface area contributed by atoms with E-state index in [0.717, 1.165) is 24.3 Å². The Balaban J connectivity index is 2.82. The number of carbonyl (C=O) groups excluding carboxylic acids is 1. The molecule has 0 spiro atoms. The molecule has 106 valence electrons. The molecule has 1 rings (SSSR count). The van der Waals surface area contributed by atoms with E-state index >= 15 is 0 Å². The second-order valence-electron chi connectivity index (χ2n) is 4.36. The number of anilines is 1. The van der Waals surface area contributed by atoms with Crippen molar-refractivity contribution in [2.75, 3.05) is 31.6 Å². The van der Waals surface area contributed by atoms with Crippen molar-refractivity contribution < 1.29 is 4.79 Å². The maximum Gasteiger partial charge on any atom is 0.239 e. The second kappa shape index (κ2) is 8.02. The molecule has 19 heavy (non-hydrogen) atoms. The number of hydrogen-bond acceptors (Lipinski definition) is 3. The minimum atomic E-state index is 0.0225. The number of nitrogens with one attached hydrogen (secondary N) is 2. The summed E-state index contributed by atoms with van der Waals surface area (Å²) in [6.45, 7) is 6.60. The van der Waals surface area contributed by atoms with E-state index in [1.807, 2.05) is 37.1 Å². The van der Waals surface area contributed by atoms with Crippen molar-refractivity contribution >= 4 is 23.2 Å². The van der Waals surface area contributed by atoms with Crippen molar-refractivity contribution in [2.45, 2.75) is 20.4 Å². The average molecular weight is 284 g/mol. The summed E-state index contributed by atoms with van der Waals surface area (Å²) in [5.74, 6) is 0.0225. The van der Waals surface area contributed by atoms with Crippen molar-refractivity contribution in [1.29, 1.82) is 0 Å². The van der Waals surface area contributed by atoms with Gasteiger partial charge in [-0.2, -0.15) is 0 Å². The van der Waals surface area contributed by atoms with Gasteiger partial charge in [-0.05, 0) is 37.2 Å². The Kier molecular flexibility index (Phi) is 6.67. The Morgan fingerprint density at radius 2 is 2.05 bits per heavy atom. The fourth-order valence-corrected chi connectivity index (χ4v) is 2.08. The van der Waals surface area contributed by atoms with Crippen LogP contribution in [-0.4, -0.2) is 32.6 Å². The molecule has 0 radical (unpaired) electrons. The predicted molar refractivity (Wildman–Crippen MR) is 80.8 cm³/mol. The van der Waals surface area contributed by atoms with Gasteiger partial charge < -0.3 is 15.5 Å². The Bertz CT molecular complexity index is 423. The van der Waals surface area contributed by atoms with Crippen LogP contribution in [0.1, 0.15) is 19.4 Å². The van der Waals surface area contributed by atoms with Gasteiger partial charge in [0.1, 0.15) is 0 Å². The molecule has 0 fully saturated rings. The van der Waals surface area contributed by atoms with Gasteiger partial charge in [-0.3, -0.25) is 4.79 Å². The zero-order valence-electron chi connectivity index (χ0n) is 11.8. The zero-order chi connectivity index (χ0) is 14.3. The van der Waals surface area contributed by atoms with Crippen LogP contribution in [0.5, 0.6) is 0 Å². The quantitative estimate of drug-likeness (QED) is 0.805. The van der Waals surface area contributed by atoms with Gasteiger partial charge in [-0.1, -0.05) is 18.5 Å². The van der Waals surface area contributed by atoms with Crippen molar-refractivity contribution in [3.8, 4) is 0 Å². The number of halogens is 1.